The molecule has 1 heteroatoms. The molecule has 0 atom stereocenters. The fourth-order valence-electron chi connectivity index (χ4n) is 5.30. The molecule has 0 fully saturated rings. The van der Waals surface area contributed by atoms with Crippen LogP contribution in [0.3, 0.4) is 0 Å². The van der Waals surface area contributed by atoms with Crippen LogP contribution in [-0.2, 0) is 5.41 Å². The van der Waals surface area contributed by atoms with Gasteiger partial charge in [0.25, 0.3) is 0 Å². The van der Waals surface area contributed by atoms with E-state index in [4.69, 9.17) is 0 Å². The van der Waals surface area contributed by atoms with Gasteiger partial charge in [0.2, 0.25) is 0 Å². The molecule has 1 aliphatic rings. The number of benzene rings is 4. The summed E-state index contributed by atoms with van der Waals surface area (Å²) in [6.45, 7) is 2.18. The minimum atomic E-state index is -0.371. The van der Waals surface area contributed by atoms with Crippen molar-refractivity contribution in [2.75, 3.05) is 0 Å². The normalized spacial score (nSPS) is 13.4. The van der Waals surface area contributed by atoms with E-state index in [9.17, 15) is 0 Å². The lowest BCUT2D eigenvalue weighted by Gasteiger charge is -2.34. The molecular weight excluding hydrogens is 386 g/mol. The molecule has 0 saturated carbocycles. The number of nitrogens with zero attached hydrogens (tertiary/aromatic N) is 1. The molecule has 1 aliphatic carbocycles. The maximum Gasteiger partial charge on any atom is 0.0713 e. The van der Waals surface area contributed by atoms with E-state index in [1.54, 1.807) is 0 Å². The van der Waals surface area contributed by atoms with Crippen molar-refractivity contribution in [3.8, 4) is 22.4 Å². The van der Waals surface area contributed by atoms with Crippen molar-refractivity contribution < 1.29 is 0 Å². The van der Waals surface area contributed by atoms with Gasteiger partial charge in [-0.1, -0.05) is 103 Å². The van der Waals surface area contributed by atoms with Gasteiger partial charge in [-0.3, -0.25) is 4.98 Å². The summed E-state index contributed by atoms with van der Waals surface area (Å²) in [5.74, 6) is 0. The molecule has 0 spiro atoms. The predicted molar refractivity (Wildman–Crippen MR) is 132 cm³/mol. The highest BCUT2D eigenvalue weighted by molar-refractivity contribution is 5.88. The molecule has 0 amide bonds. The van der Waals surface area contributed by atoms with E-state index in [0.29, 0.717) is 0 Å². The zero-order valence-electron chi connectivity index (χ0n) is 18.0. The average Bonchev–Trinajstić information content (AvgIpc) is 3.15. The van der Waals surface area contributed by atoms with Gasteiger partial charge in [0, 0.05) is 11.8 Å². The topological polar surface area (TPSA) is 12.9 Å². The Morgan fingerprint density at radius 1 is 0.562 bits per heavy atom. The molecule has 4 aromatic carbocycles. The van der Waals surface area contributed by atoms with Crippen LogP contribution in [0.15, 0.2) is 121 Å². The lowest BCUT2D eigenvalue weighted by molar-refractivity contribution is 0.768. The molecule has 0 aliphatic heterocycles. The molecule has 1 heterocycles. The Balaban J connectivity index is 1.76. The van der Waals surface area contributed by atoms with E-state index in [1.807, 2.05) is 12.3 Å². The number of hydrogen-bond donors (Lipinski definition) is 0. The molecular formula is C31H23N. The molecule has 0 bridgehead atoms. The van der Waals surface area contributed by atoms with E-state index in [1.165, 1.54) is 38.9 Å². The zero-order valence-corrected chi connectivity index (χ0v) is 18.0. The van der Waals surface area contributed by atoms with Gasteiger partial charge in [-0.2, -0.15) is 0 Å². The standard InChI is InChI=1S/C31H23N/c1-22-15-17-26-27-18-16-23(30-14-8-9-19-32-30)21-29(27)31(28(26)20-22,24-10-4-2-5-11-24)25-12-6-3-7-13-25/h2-21H,1H3. The fraction of sp³-hybridized carbons (Fsp3) is 0.0645. The average molecular weight is 410 g/mol. The van der Waals surface area contributed by atoms with Crippen molar-refractivity contribution in [1.29, 1.82) is 0 Å². The van der Waals surface area contributed by atoms with Gasteiger partial charge in [0.05, 0.1) is 11.1 Å². The SMILES string of the molecule is Cc1ccc2c(c1)C(c1ccccc1)(c1ccccc1)c1cc(-c3ccccn3)ccc1-2. The van der Waals surface area contributed by atoms with Gasteiger partial charge < -0.3 is 0 Å². The number of aryl methyl sites for hydroxylation is 1. The van der Waals surface area contributed by atoms with E-state index in [-0.39, 0.29) is 5.41 Å². The number of fused-ring (bicyclic) bond motifs is 3. The lowest BCUT2D eigenvalue weighted by Crippen LogP contribution is -2.28. The quantitative estimate of drug-likeness (QED) is 0.296. The molecule has 5 aromatic rings. The Kier molecular flexibility index (Phi) is 4.29. The molecule has 0 N–H and O–H groups in total. The minimum absolute atomic E-state index is 0.371. The smallest absolute Gasteiger partial charge is 0.0713 e. The van der Waals surface area contributed by atoms with Gasteiger partial charge in [-0.15, -0.1) is 0 Å². The van der Waals surface area contributed by atoms with Gasteiger partial charge in [-0.25, -0.2) is 0 Å². The third-order valence-corrected chi connectivity index (χ3v) is 6.67. The Morgan fingerprint density at radius 3 is 1.78 bits per heavy atom. The van der Waals surface area contributed by atoms with Crippen LogP contribution in [0.1, 0.15) is 27.8 Å². The number of rotatable bonds is 3. The highest BCUT2D eigenvalue weighted by Gasteiger charge is 2.46. The van der Waals surface area contributed by atoms with E-state index < -0.39 is 0 Å². The Bertz CT molecular complexity index is 1360. The van der Waals surface area contributed by atoms with Crippen LogP contribution < -0.4 is 0 Å². The van der Waals surface area contributed by atoms with Gasteiger partial charge in [0.15, 0.2) is 0 Å². The van der Waals surface area contributed by atoms with Gasteiger partial charge >= 0.3 is 0 Å². The molecule has 0 saturated heterocycles. The van der Waals surface area contributed by atoms with Crippen molar-refractivity contribution in [3.63, 3.8) is 0 Å². The first-order valence-electron chi connectivity index (χ1n) is 11.1. The van der Waals surface area contributed by atoms with Gasteiger partial charge in [-0.05, 0) is 58.5 Å². The molecule has 152 valence electrons. The third kappa shape index (κ3) is 2.68. The molecule has 1 aromatic heterocycles. The second-order valence-corrected chi connectivity index (χ2v) is 8.51. The highest BCUT2D eigenvalue weighted by Crippen LogP contribution is 2.56. The lowest BCUT2D eigenvalue weighted by atomic mass is 9.67. The van der Waals surface area contributed by atoms with Crippen LogP contribution in [0.2, 0.25) is 0 Å². The molecule has 32 heavy (non-hydrogen) atoms. The molecule has 6 rings (SSSR count). The molecule has 0 unspecified atom stereocenters. The van der Waals surface area contributed by atoms with Crippen LogP contribution in [0, 0.1) is 6.92 Å². The van der Waals surface area contributed by atoms with Crippen LogP contribution in [0.4, 0.5) is 0 Å². The summed E-state index contributed by atoms with van der Waals surface area (Å²) in [4.78, 5) is 4.63. The summed E-state index contributed by atoms with van der Waals surface area (Å²) in [5, 5.41) is 0. The van der Waals surface area contributed by atoms with Gasteiger partial charge in [0.1, 0.15) is 0 Å². The Morgan fingerprint density at radius 2 is 1.16 bits per heavy atom. The Labute approximate surface area is 189 Å². The maximum absolute atomic E-state index is 4.63. The predicted octanol–water partition coefficient (Wildman–Crippen LogP) is 7.42. The first kappa shape index (κ1) is 18.8. The van der Waals surface area contributed by atoms with Crippen LogP contribution in [-0.4, -0.2) is 4.98 Å². The molecule has 0 radical (unpaired) electrons. The monoisotopic (exact) mass is 409 g/mol. The first-order chi connectivity index (χ1) is 15.8. The maximum atomic E-state index is 4.63. The number of pyridine rings is 1. The summed E-state index contributed by atoms with van der Waals surface area (Å²) >= 11 is 0. The minimum Gasteiger partial charge on any atom is -0.256 e. The second-order valence-electron chi connectivity index (χ2n) is 8.51. The van der Waals surface area contributed by atoms with Crippen LogP contribution >= 0.6 is 0 Å². The van der Waals surface area contributed by atoms with E-state index in [2.05, 4.69) is 121 Å². The van der Waals surface area contributed by atoms with Crippen molar-refractivity contribution >= 4 is 0 Å². The second kappa shape index (κ2) is 7.32. The summed E-state index contributed by atoms with van der Waals surface area (Å²) < 4.78 is 0. The van der Waals surface area contributed by atoms with E-state index >= 15 is 0 Å². The Hall–Kier alpha value is -3.97. The summed E-state index contributed by atoms with van der Waals surface area (Å²) in [6, 6.07) is 41.7. The summed E-state index contributed by atoms with van der Waals surface area (Å²) in [5.41, 5.74) is 10.9. The first-order valence-corrected chi connectivity index (χ1v) is 11.1. The number of aromatic nitrogens is 1. The summed E-state index contributed by atoms with van der Waals surface area (Å²) in [7, 11) is 0. The largest absolute Gasteiger partial charge is 0.256 e. The van der Waals surface area contributed by atoms with Crippen LogP contribution in [0.25, 0.3) is 22.4 Å². The third-order valence-electron chi connectivity index (χ3n) is 6.67. The molecule has 1 nitrogen and oxygen atoms in total. The zero-order chi connectivity index (χ0) is 21.5. The van der Waals surface area contributed by atoms with Crippen molar-refractivity contribution in [3.05, 3.63) is 149 Å². The summed E-state index contributed by atoms with van der Waals surface area (Å²) in [6.07, 6.45) is 1.86. The highest BCUT2D eigenvalue weighted by atomic mass is 14.7. The van der Waals surface area contributed by atoms with Crippen LogP contribution in [0.5, 0.6) is 0 Å². The van der Waals surface area contributed by atoms with Crippen molar-refractivity contribution in [1.82, 2.24) is 4.98 Å². The van der Waals surface area contributed by atoms with E-state index in [0.717, 1.165) is 11.3 Å². The fourth-order valence-corrected chi connectivity index (χ4v) is 5.30. The van der Waals surface area contributed by atoms with Crippen molar-refractivity contribution in [2.24, 2.45) is 0 Å². The number of hydrogen-bond acceptors (Lipinski definition) is 1. The van der Waals surface area contributed by atoms with Crippen molar-refractivity contribution in [2.45, 2.75) is 12.3 Å².